The molecule has 2 aliphatic rings. The third-order valence-corrected chi connectivity index (χ3v) is 7.57. The molecule has 1 fully saturated rings. The van der Waals surface area contributed by atoms with Crippen LogP contribution in [0.3, 0.4) is 0 Å². The van der Waals surface area contributed by atoms with Gasteiger partial charge in [-0.15, -0.1) is 0 Å². The molecule has 5 nitrogen and oxygen atoms in total. The predicted molar refractivity (Wildman–Crippen MR) is 141 cm³/mol. The van der Waals surface area contributed by atoms with Crippen LogP contribution in [0.1, 0.15) is 72.9 Å². The van der Waals surface area contributed by atoms with Gasteiger partial charge in [0.25, 0.3) is 0 Å². The summed E-state index contributed by atoms with van der Waals surface area (Å²) in [5.41, 5.74) is 11.7. The number of aliphatic hydroxyl groups is 1. The molecule has 1 aromatic carbocycles. The first-order chi connectivity index (χ1) is 16.8. The zero-order valence-electron chi connectivity index (χ0n) is 21.5. The second-order valence-electron chi connectivity index (χ2n) is 10.3. The highest BCUT2D eigenvalue weighted by atomic mass is 16.3. The van der Waals surface area contributed by atoms with Gasteiger partial charge >= 0.3 is 0 Å². The molecule has 0 bridgehead atoms. The number of rotatable bonds is 2. The molecule has 1 saturated carbocycles. The van der Waals surface area contributed by atoms with E-state index in [2.05, 4.69) is 91.2 Å². The zero-order chi connectivity index (χ0) is 24.7. The molecule has 0 radical (unpaired) electrons. The van der Waals surface area contributed by atoms with E-state index in [0.29, 0.717) is 0 Å². The summed E-state index contributed by atoms with van der Waals surface area (Å²) in [5, 5.41) is 21.7. The number of aromatic amines is 2. The minimum atomic E-state index is -0.202. The van der Waals surface area contributed by atoms with Crippen molar-refractivity contribution in [2.75, 3.05) is 0 Å². The minimum absolute atomic E-state index is 0.202. The highest BCUT2D eigenvalue weighted by Crippen LogP contribution is 2.39. The smallest absolute Gasteiger partial charge is 0.0774 e. The molecule has 0 spiro atoms. The highest BCUT2D eigenvalue weighted by molar-refractivity contribution is 5.79. The number of aliphatic hydroxyl groups excluding tert-OH is 1. The van der Waals surface area contributed by atoms with Gasteiger partial charge in [-0.1, -0.05) is 24.3 Å². The van der Waals surface area contributed by atoms with Crippen LogP contribution < -0.4 is 10.4 Å². The van der Waals surface area contributed by atoms with E-state index in [4.69, 9.17) is 0 Å². The number of allylic oxidation sites excluding steroid dienone is 1. The number of aryl methyl sites for hydroxylation is 4. The van der Waals surface area contributed by atoms with Crippen molar-refractivity contribution in [3.8, 4) is 0 Å². The van der Waals surface area contributed by atoms with E-state index >= 15 is 0 Å². The van der Waals surface area contributed by atoms with Gasteiger partial charge in [-0.3, -0.25) is 0 Å². The van der Waals surface area contributed by atoms with E-state index in [-0.39, 0.29) is 12.0 Å². The number of nitrogens with zero attached hydrogens (tertiary/aromatic N) is 2. The van der Waals surface area contributed by atoms with E-state index in [1.807, 2.05) is 0 Å². The van der Waals surface area contributed by atoms with Crippen molar-refractivity contribution in [3.05, 3.63) is 92.0 Å². The molecule has 5 heteroatoms. The highest BCUT2D eigenvalue weighted by Gasteiger charge is 2.27. The van der Waals surface area contributed by atoms with Crippen molar-refractivity contribution in [1.82, 2.24) is 9.97 Å². The first-order valence-electron chi connectivity index (χ1n) is 12.8. The van der Waals surface area contributed by atoms with Gasteiger partial charge in [0.2, 0.25) is 0 Å². The molecular formula is C30H36N4O. The van der Waals surface area contributed by atoms with E-state index in [0.717, 1.165) is 71.5 Å². The Bertz CT molecular complexity index is 1380. The van der Waals surface area contributed by atoms with Crippen LogP contribution in [0.2, 0.25) is 0 Å². The van der Waals surface area contributed by atoms with Crippen molar-refractivity contribution < 1.29 is 5.11 Å². The second kappa shape index (κ2) is 9.46. The van der Waals surface area contributed by atoms with Gasteiger partial charge in [-0.25, -0.2) is 0 Å². The third kappa shape index (κ3) is 4.57. The number of fused-ring (bicyclic) bond motifs is 1. The monoisotopic (exact) mass is 468 g/mol. The van der Waals surface area contributed by atoms with Gasteiger partial charge in [0.15, 0.2) is 0 Å². The van der Waals surface area contributed by atoms with Crippen molar-refractivity contribution in [1.29, 1.82) is 0 Å². The van der Waals surface area contributed by atoms with Crippen LogP contribution in [0, 0.1) is 33.6 Å². The molecule has 5 rings (SSSR count). The number of azo groups is 1. The molecule has 35 heavy (non-hydrogen) atoms. The summed E-state index contributed by atoms with van der Waals surface area (Å²) in [6.45, 7) is 10.6. The standard InChI is InChI=1S/C30H36N4O/c1-17-15-19(3)31-28(17)27(29-18(2)16-20(4)32-29)22-9-11-23(12-10-22)30-26-8-6-7-24(35)13-14-25(26)21(5)33-34-30/h9-12,15-16,24,26,31-32,35H,6-8,13-14H2,1-5H3. The average Bonchev–Trinajstić information content (AvgIpc) is 3.32. The normalized spacial score (nSPS) is 20.6. The van der Waals surface area contributed by atoms with E-state index < -0.39 is 0 Å². The third-order valence-electron chi connectivity index (χ3n) is 7.57. The summed E-state index contributed by atoms with van der Waals surface area (Å²) in [4.78, 5) is 7.18. The summed E-state index contributed by atoms with van der Waals surface area (Å²) in [6, 6.07) is 13.2. The number of nitrogens with one attached hydrogen (secondary N) is 2. The number of benzene rings is 1. The fourth-order valence-electron chi connectivity index (χ4n) is 5.83. The summed E-state index contributed by atoms with van der Waals surface area (Å²) in [7, 11) is 0. The van der Waals surface area contributed by atoms with Crippen molar-refractivity contribution in [2.45, 2.75) is 72.8 Å². The number of hydrogen-bond acceptors (Lipinski definition) is 3. The Morgan fingerprint density at radius 2 is 1.46 bits per heavy atom. The molecule has 1 aliphatic carbocycles. The lowest BCUT2D eigenvalue weighted by atomic mass is 9.81. The Kier molecular flexibility index (Phi) is 6.37. The maximum absolute atomic E-state index is 10.2. The largest absolute Gasteiger partial charge is 0.393 e. The van der Waals surface area contributed by atoms with Crippen LogP contribution >= 0.6 is 0 Å². The number of aromatic nitrogens is 2. The Balaban J connectivity index is 1.66. The average molecular weight is 469 g/mol. The van der Waals surface area contributed by atoms with Crippen LogP contribution in [-0.2, 0) is 0 Å². The Morgan fingerprint density at radius 3 is 2.03 bits per heavy atom. The van der Waals surface area contributed by atoms with E-state index in [9.17, 15) is 5.11 Å². The second-order valence-corrected chi connectivity index (χ2v) is 10.3. The molecule has 2 aromatic heterocycles. The van der Waals surface area contributed by atoms with Gasteiger partial charge in [0.05, 0.1) is 28.9 Å². The molecule has 3 heterocycles. The SMILES string of the molecule is CC1=C2CCC(O)CCCC2C(=c2ccc(=C(c3[nH]c(C)cc3C)c3[nH]c(C)cc3C)cc2)N=N1. The van der Waals surface area contributed by atoms with Gasteiger partial charge in [0, 0.05) is 22.9 Å². The Labute approximate surface area is 207 Å². The van der Waals surface area contributed by atoms with Gasteiger partial charge in [-0.2, -0.15) is 10.2 Å². The summed E-state index contributed by atoms with van der Waals surface area (Å²) in [6.07, 6.45) is 4.40. The Hall–Kier alpha value is -3.18. The predicted octanol–water partition coefficient (Wildman–Crippen LogP) is 5.61. The minimum Gasteiger partial charge on any atom is -0.393 e. The zero-order valence-corrected chi connectivity index (χ0v) is 21.5. The van der Waals surface area contributed by atoms with Crippen molar-refractivity contribution in [2.24, 2.45) is 16.1 Å². The molecular weight excluding hydrogens is 432 g/mol. The van der Waals surface area contributed by atoms with Crippen LogP contribution in [0.4, 0.5) is 0 Å². The molecule has 2 atom stereocenters. The Morgan fingerprint density at radius 1 is 0.829 bits per heavy atom. The topological polar surface area (TPSA) is 76.5 Å². The molecule has 2 unspecified atom stereocenters. The lowest BCUT2D eigenvalue weighted by Gasteiger charge is -2.28. The van der Waals surface area contributed by atoms with E-state index in [1.165, 1.54) is 27.5 Å². The lowest BCUT2D eigenvalue weighted by Crippen LogP contribution is -2.22. The molecule has 0 saturated heterocycles. The lowest BCUT2D eigenvalue weighted by molar-refractivity contribution is 0.145. The van der Waals surface area contributed by atoms with Gasteiger partial charge in [-0.05, 0) is 106 Å². The van der Waals surface area contributed by atoms with Crippen LogP contribution in [0.15, 0.2) is 57.9 Å². The molecule has 3 aromatic rings. The number of H-pyrrole nitrogens is 2. The molecule has 3 N–H and O–H groups in total. The van der Waals surface area contributed by atoms with Crippen LogP contribution in [0.25, 0.3) is 11.3 Å². The maximum Gasteiger partial charge on any atom is 0.0774 e. The van der Waals surface area contributed by atoms with Gasteiger partial charge in [0.1, 0.15) is 0 Å². The summed E-state index contributed by atoms with van der Waals surface area (Å²) < 4.78 is 0. The van der Waals surface area contributed by atoms with Gasteiger partial charge < -0.3 is 15.1 Å². The number of hydrogen-bond donors (Lipinski definition) is 3. The summed E-state index contributed by atoms with van der Waals surface area (Å²) in [5.74, 6) is 0.288. The molecule has 182 valence electrons. The first-order valence-corrected chi connectivity index (χ1v) is 12.8. The van der Waals surface area contributed by atoms with Crippen molar-refractivity contribution in [3.63, 3.8) is 0 Å². The van der Waals surface area contributed by atoms with Crippen molar-refractivity contribution >= 4 is 11.3 Å². The first kappa shape index (κ1) is 23.6. The molecule has 1 aliphatic heterocycles. The quantitative estimate of drug-likeness (QED) is 0.449. The van der Waals surface area contributed by atoms with E-state index in [1.54, 1.807) is 0 Å². The fourth-order valence-corrected chi connectivity index (χ4v) is 5.83. The van der Waals surface area contributed by atoms with Crippen LogP contribution in [-0.4, -0.2) is 21.2 Å². The maximum atomic E-state index is 10.2. The van der Waals surface area contributed by atoms with Crippen LogP contribution in [0.5, 0.6) is 0 Å². The molecule has 0 amide bonds. The summed E-state index contributed by atoms with van der Waals surface area (Å²) >= 11 is 0. The fraction of sp³-hybridized carbons (Fsp3) is 0.400.